The van der Waals surface area contributed by atoms with Crippen LogP contribution in [0.3, 0.4) is 0 Å². The molecule has 0 aliphatic rings. The van der Waals surface area contributed by atoms with Gasteiger partial charge in [0.2, 0.25) is 0 Å². The number of rotatable bonds is 4. The zero-order valence-electron chi connectivity index (χ0n) is 9.69. The van der Waals surface area contributed by atoms with Crippen molar-refractivity contribution in [2.45, 2.75) is 19.8 Å². The van der Waals surface area contributed by atoms with Gasteiger partial charge in [-0.05, 0) is 49.1 Å². The summed E-state index contributed by atoms with van der Waals surface area (Å²) in [6.45, 7) is 2.97. The van der Waals surface area contributed by atoms with Crippen molar-refractivity contribution in [2.75, 3.05) is 6.54 Å². The van der Waals surface area contributed by atoms with Gasteiger partial charge in [0.05, 0.1) is 5.52 Å². The van der Waals surface area contributed by atoms with Crippen molar-refractivity contribution < 1.29 is 0 Å². The standard InChI is InChI=1S/C14H18N2/c1-11(10-15)4-5-12-6-7-14-13(9-12)3-2-8-16-14/h2-3,6-9,11H,4-5,10,15H2,1H3. The fraction of sp³-hybridized carbons (Fsp3) is 0.357. The van der Waals surface area contributed by atoms with Gasteiger partial charge >= 0.3 is 0 Å². The molecule has 1 aromatic carbocycles. The number of pyridine rings is 1. The first kappa shape index (κ1) is 11.1. The number of nitrogens with two attached hydrogens (primary N) is 1. The highest BCUT2D eigenvalue weighted by Gasteiger charge is 2.01. The maximum atomic E-state index is 5.62. The predicted octanol–water partition coefficient (Wildman–Crippen LogP) is 2.76. The largest absolute Gasteiger partial charge is 0.330 e. The Labute approximate surface area is 96.5 Å². The van der Waals surface area contributed by atoms with E-state index in [1.165, 1.54) is 10.9 Å². The lowest BCUT2D eigenvalue weighted by Crippen LogP contribution is -2.11. The Morgan fingerprint density at radius 2 is 2.19 bits per heavy atom. The predicted molar refractivity (Wildman–Crippen MR) is 68.3 cm³/mol. The van der Waals surface area contributed by atoms with Gasteiger partial charge in [-0.15, -0.1) is 0 Å². The second-order valence-corrected chi connectivity index (χ2v) is 4.41. The van der Waals surface area contributed by atoms with Crippen molar-refractivity contribution in [1.29, 1.82) is 0 Å². The normalized spacial score (nSPS) is 12.9. The molecule has 1 unspecified atom stereocenters. The summed E-state index contributed by atoms with van der Waals surface area (Å²) in [7, 11) is 0. The summed E-state index contributed by atoms with van der Waals surface area (Å²) in [6.07, 6.45) is 4.09. The molecule has 1 atom stereocenters. The quantitative estimate of drug-likeness (QED) is 0.850. The molecule has 0 spiro atoms. The smallest absolute Gasteiger partial charge is 0.0702 e. The summed E-state index contributed by atoms with van der Waals surface area (Å²) < 4.78 is 0. The number of aryl methyl sites for hydroxylation is 1. The van der Waals surface area contributed by atoms with Crippen molar-refractivity contribution in [3.8, 4) is 0 Å². The lowest BCUT2D eigenvalue weighted by molar-refractivity contribution is 0.545. The van der Waals surface area contributed by atoms with E-state index in [-0.39, 0.29) is 0 Å². The average molecular weight is 214 g/mol. The lowest BCUT2D eigenvalue weighted by atomic mass is 10.0. The summed E-state index contributed by atoms with van der Waals surface area (Å²) in [5, 5.41) is 1.22. The number of fused-ring (bicyclic) bond motifs is 1. The molecule has 2 rings (SSSR count). The van der Waals surface area contributed by atoms with Gasteiger partial charge in [-0.3, -0.25) is 4.98 Å². The molecule has 16 heavy (non-hydrogen) atoms. The fourth-order valence-corrected chi connectivity index (χ4v) is 1.81. The molecule has 0 radical (unpaired) electrons. The number of aromatic nitrogens is 1. The van der Waals surface area contributed by atoms with E-state index < -0.39 is 0 Å². The Balaban J connectivity index is 2.13. The average Bonchev–Trinajstić information content (AvgIpc) is 2.35. The van der Waals surface area contributed by atoms with E-state index in [1.54, 1.807) is 0 Å². The summed E-state index contributed by atoms with van der Waals surface area (Å²) in [5.41, 5.74) is 8.06. The van der Waals surface area contributed by atoms with Crippen molar-refractivity contribution in [2.24, 2.45) is 11.7 Å². The number of benzene rings is 1. The first-order valence-electron chi connectivity index (χ1n) is 5.83. The van der Waals surface area contributed by atoms with Crippen LogP contribution in [0.1, 0.15) is 18.9 Å². The minimum Gasteiger partial charge on any atom is -0.330 e. The van der Waals surface area contributed by atoms with E-state index in [2.05, 4.69) is 36.2 Å². The maximum Gasteiger partial charge on any atom is 0.0702 e. The van der Waals surface area contributed by atoms with Crippen LogP contribution in [-0.2, 0) is 6.42 Å². The Morgan fingerprint density at radius 1 is 1.31 bits per heavy atom. The van der Waals surface area contributed by atoms with E-state index in [0.29, 0.717) is 5.92 Å². The van der Waals surface area contributed by atoms with E-state index in [9.17, 15) is 0 Å². The van der Waals surface area contributed by atoms with Crippen LogP contribution < -0.4 is 5.73 Å². The highest BCUT2D eigenvalue weighted by Crippen LogP contribution is 2.15. The monoisotopic (exact) mass is 214 g/mol. The van der Waals surface area contributed by atoms with Gasteiger partial charge in [0, 0.05) is 11.6 Å². The van der Waals surface area contributed by atoms with E-state index in [0.717, 1.165) is 24.9 Å². The number of hydrogen-bond acceptors (Lipinski definition) is 2. The first-order chi connectivity index (χ1) is 7.79. The Bertz CT molecular complexity index is 465. The van der Waals surface area contributed by atoms with Crippen molar-refractivity contribution in [1.82, 2.24) is 4.98 Å². The van der Waals surface area contributed by atoms with Gasteiger partial charge in [0.15, 0.2) is 0 Å². The van der Waals surface area contributed by atoms with Crippen LogP contribution in [0.15, 0.2) is 36.5 Å². The van der Waals surface area contributed by atoms with Crippen molar-refractivity contribution >= 4 is 10.9 Å². The summed E-state index contributed by atoms with van der Waals surface area (Å²) in [6, 6.07) is 10.6. The molecule has 2 heteroatoms. The van der Waals surface area contributed by atoms with E-state index >= 15 is 0 Å². The van der Waals surface area contributed by atoms with Crippen LogP contribution in [-0.4, -0.2) is 11.5 Å². The molecule has 0 bridgehead atoms. The van der Waals surface area contributed by atoms with E-state index in [4.69, 9.17) is 5.73 Å². The highest BCUT2D eigenvalue weighted by molar-refractivity contribution is 5.78. The molecule has 0 amide bonds. The summed E-state index contributed by atoms with van der Waals surface area (Å²) in [4.78, 5) is 4.31. The van der Waals surface area contributed by atoms with Crippen LogP contribution in [0.4, 0.5) is 0 Å². The molecule has 2 nitrogen and oxygen atoms in total. The minimum absolute atomic E-state index is 0.601. The molecule has 0 saturated carbocycles. The summed E-state index contributed by atoms with van der Waals surface area (Å²) in [5.74, 6) is 0.601. The second-order valence-electron chi connectivity index (χ2n) is 4.41. The highest BCUT2D eigenvalue weighted by atomic mass is 14.6. The molecular formula is C14H18N2. The zero-order valence-corrected chi connectivity index (χ0v) is 9.69. The Kier molecular flexibility index (Phi) is 3.52. The minimum atomic E-state index is 0.601. The third-order valence-corrected chi connectivity index (χ3v) is 3.00. The van der Waals surface area contributed by atoms with Crippen LogP contribution >= 0.6 is 0 Å². The molecule has 0 aliphatic heterocycles. The van der Waals surface area contributed by atoms with Gasteiger partial charge in [-0.2, -0.15) is 0 Å². The van der Waals surface area contributed by atoms with Crippen LogP contribution in [0, 0.1) is 5.92 Å². The molecule has 84 valence electrons. The molecule has 0 saturated heterocycles. The summed E-state index contributed by atoms with van der Waals surface area (Å²) >= 11 is 0. The van der Waals surface area contributed by atoms with E-state index in [1.807, 2.05) is 12.3 Å². The first-order valence-corrected chi connectivity index (χ1v) is 5.83. The number of nitrogens with zero attached hydrogens (tertiary/aromatic N) is 1. The topological polar surface area (TPSA) is 38.9 Å². The molecule has 0 aliphatic carbocycles. The fourth-order valence-electron chi connectivity index (χ4n) is 1.81. The van der Waals surface area contributed by atoms with Crippen LogP contribution in [0.2, 0.25) is 0 Å². The van der Waals surface area contributed by atoms with Crippen LogP contribution in [0.5, 0.6) is 0 Å². The van der Waals surface area contributed by atoms with Crippen LogP contribution in [0.25, 0.3) is 10.9 Å². The van der Waals surface area contributed by atoms with Gasteiger partial charge in [-0.1, -0.05) is 19.1 Å². The Hall–Kier alpha value is -1.41. The third kappa shape index (κ3) is 2.58. The van der Waals surface area contributed by atoms with Gasteiger partial charge in [0.1, 0.15) is 0 Å². The molecule has 2 N–H and O–H groups in total. The van der Waals surface area contributed by atoms with Gasteiger partial charge in [-0.25, -0.2) is 0 Å². The Morgan fingerprint density at radius 3 is 3.00 bits per heavy atom. The molecular weight excluding hydrogens is 196 g/mol. The second kappa shape index (κ2) is 5.08. The van der Waals surface area contributed by atoms with Gasteiger partial charge in [0.25, 0.3) is 0 Å². The van der Waals surface area contributed by atoms with Crippen molar-refractivity contribution in [3.63, 3.8) is 0 Å². The maximum absolute atomic E-state index is 5.62. The SMILES string of the molecule is CC(CN)CCc1ccc2ncccc2c1. The number of hydrogen-bond donors (Lipinski definition) is 1. The van der Waals surface area contributed by atoms with Gasteiger partial charge < -0.3 is 5.73 Å². The molecule has 0 fully saturated rings. The van der Waals surface area contributed by atoms with Crippen molar-refractivity contribution in [3.05, 3.63) is 42.1 Å². The molecule has 1 aromatic heterocycles. The lowest BCUT2D eigenvalue weighted by Gasteiger charge is -2.08. The third-order valence-electron chi connectivity index (χ3n) is 3.00. The molecule has 1 heterocycles. The molecule has 2 aromatic rings. The zero-order chi connectivity index (χ0) is 11.4.